The van der Waals surface area contributed by atoms with E-state index in [-0.39, 0.29) is 30.9 Å². The number of anilines is 1. The third kappa shape index (κ3) is 6.53. The molecule has 0 aliphatic rings. The summed E-state index contributed by atoms with van der Waals surface area (Å²) in [7, 11) is 1.35. The first-order valence-electron chi connectivity index (χ1n) is 6.47. The van der Waals surface area contributed by atoms with Crippen molar-refractivity contribution in [2.75, 3.05) is 25.5 Å². The number of benzene rings is 1. The molecule has 1 aromatic rings. The van der Waals surface area contributed by atoms with Crippen molar-refractivity contribution < 1.29 is 19.1 Å². The molecule has 1 rings (SSSR count). The molecule has 0 bridgehead atoms. The standard InChI is InChI=1S/C14H19N3O4/c1-21-14(20)7-4-10-2-5-11(6-3-10)17-13(19)9-16-12(18)8-15/h2-3,5-6H,4,7-9,15H2,1H3,(H,16,18)(H,17,19). The Labute approximate surface area is 122 Å². The Morgan fingerprint density at radius 1 is 1.14 bits per heavy atom. The lowest BCUT2D eigenvalue weighted by molar-refractivity contribution is -0.140. The van der Waals surface area contributed by atoms with E-state index in [1.165, 1.54) is 7.11 Å². The van der Waals surface area contributed by atoms with Crippen molar-refractivity contribution in [1.82, 2.24) is 5.32 Å². The predicted octanol–water partition coefficient (Wildman–Crippen LogP) is -0.194. The highest BCUT2D eigenvalue weighted by atomic mass is 16.5. The fraction of sp³-hybridized carbons (Fsp3) is 0.357. The average Bonchev–Trinajstić information content (AvgIpc) is 2.51. The number of methoxy groups -OCH3 is 1. The Bertz CT molecular complexity index is 499. The minimum absolute atomic E-state index is 0.125. The summed E-state index contributed by atoms with van der Waals surface area (Å²) >= 11 is 0. The van der Waals surface area contributed by atoms with E-state index in [0.29, 0.717) is 18.5 Å². The Morgan fingerprint density at radius 2 is 1.81 bits per heavy atom. The highest BCUT2D eigenvalue weighted by Gasteiger charge is 2.05. The molecule has 2 amide bonds. The summed E-state index contributed by atoms with van der Waals surface area (Å²) in [4.78, 5) is 33.5. The molecule has 0 aliphatic carbocycles. The first-order chi connectivity index (χ1) is 10.0. The number of nitrogens with one attached hydrogen (secondary N) is 2. The quantitative estimate of drug-likeness (QED) is 0.603. The van der Waals surface area contributed by atoms with Gasteiger partial charge in [0, 0.05) is 12.1 Å². The van der Waals surface area contributed by atoms with Crippen LogP contribution < -0.4 is 16.4 Å². The van der Waals surface area contributed by atoms with Gasteiger partial charge in [-0.2, -0.15) is 0 Å². The molecule has 0 radical (unpaired) electrons. The minimum Gasteiger partial charge on any atom is -0.469 e. The summed E-state index contributed by atoms with van der Waals surface area (Å²) in [6.07, 6.45) is 0.890. The number of hydrogen-bond donors (Lipinski definition) is 3. The van der Waals surface area contributed by atoms with E-state index in [1.54, 1.807) is 12.1 Å². The van der Waals surface area contributed by atoms with E-state index in [0.717, 1.165) is 5.56 Å². The molecule has 0 unspecified atom stereocenters. The van der Waals surface area contributed by atoms with Gasteiger partial charge in [0.05, 0.1) is 20.2 Å². The Balaban J connectivity index is 2.41. The molecule has 0 saturated heterocycles. The van der Waals surface area contributed by atoms with Gasteiger partial charge in [0.15, 0.2) is 0 Å². The van der Waals surface area contributed by atoms with Crippen LogP contribution in [0, 0.1) is 0 Å². The van der Waals surface area contributed by atoms with E-state index in [4.69, 9.17) is 5.73 Å². The number of ether oxygens (including phenoxy) is 1. The van der Waals surface area contributed by atoms with Crippen LogP contribution in [0.5, 0.6) is 0 Å². The summed E-state index contributed by atoms with van der Waals surface area (Å²) in [5, 5.41) is 5.01. The second-order valence-electron chi connectivity index (χ2n) is 4.30. The third-order valence-electron chi connectivity index (χ3n) is 2.71. The van der Waals surface area contributed by atoms with Crippen molar-refractivity contribution in [1.29, 1.82) is 0 Å². The maximum Gasteiger partial charge on any atom is 0.305 e. The van der Waals surface area contributed by atoms with Crippen molar-refractivity contribution >= 4 is 23.5 Å². The van der Waals surface area contributed by atoms with E-state index >= 15 is 0 Å². The minimum atomic E-state index is -0.386. The lowest BCUT2D eigenvalue weighted by atomic mass is 10.1. The SMILES string of the molecule is COC(=O)CCc1ccc(NC(=O)CNC(=O)CN)cc1. The molecule has 0 spiro atoms. The van der Waals surface area contributed by atoms with Crippen LogP contribution in [0.15, 0.2) is 24.3 Å². The number of rotatable bonds is 7. The molecule has 0 aromatic heterocycles. The van der Waals surface area contributed by atoms with E-state index in [9.17, 15) is 14.4 Å². The number of aryl methyl sites for hydroxylation is 1. The van der Waals surface area contributed by atoms with Crippen LogP contribution in [0.4, 0.5) is 5.69 Å². The van der Waals surface area contributed by atoms with Gasteiger partial charge in [-0.1, -0.05) is 12.1 Å². The molecule has 114 valence electrons. The first-order valence-corrected chi connectivity index (χ1v) is 6.47. The summed E-state index contributed by atoms with van der Waals surface area (Å²) in [5.41, 5.74) is 6.69. The van der Waals surface area contributed by atoms with Gasteiger partial charge in [-0.15, -0.1) is 0 Å². The number of nitrogens with two attached hydrogens (primary N) is 1. The molecule has 7 nitrogen and oxygen atoms in total. The summed E-state index contributed by atoms with van der Waals surface area (Å²) in [5.74, 6) is -0.981. The molecule has 21 heavy (non-hydrogen) atoms. The van der Waals surface area contributed by atoms with Crippen LogP contribution in [0.1, 0.15) is 12.0 Å². The lowest BCUT2D eigenvalue weighted by Gasteiger charge is -2.07. The summed E-state index contributed by atoms with van der Waals surface area (Å²) < 4.78 is 4.56. The molecule has 0 atom stereocenters. The molecule has 1 aromatic carbocycles. The smallest absolute Gasteiger partial charge is 0.305 e. The largest absolute Gasteiger partial charge is 0.469 e. The number of esters is 1. The number of hydrogen-bond acceptors (Lipinski definition) is 5. The van der Waals surface area contributed by atoms with E-state index < -0.39 is 0 Å². The van der Waals surface area contributed by atoms with Crippen molar-refractivity contribution in [2.45, 2.75) is 12.8 Å². The molecule has 0 aliphatic heterocycles. The second-order valence-corrected chi connectivity index (χ2v) is 4.30. The molecule has 0 fully saturated rings. The summed E-state index contributed by atoms with van der Waals surface area (Å²) in [6, 6.07) is 7.10. The van der Waals surface area contributed by atoms with Gasteiger partial charge in [0.2, 0.25) is 11.8 Å². The van der Waals surface area contributed by atoms with Crippen LogP contribution in [0.25, 0.3) is 0 Å². The highest BCUT2D eigenvalue weighted by molar-refractivity contribution is 5.94. The van der Waals surface area contributed by atoms with Crippen molar-refractivity contribution in [3.05, 3.63) is 29.8 Å². The zero-order chi connectivity index (χ0) is 15.7. The van der Waals surface area contributed by atoms with Crippen molar-refractivity contribution in [3.8, 4) is 0 Å². The predicted molar refractivity (Wildman–Crippen MR) is 77.5 cm³/mol. The zero-order valence-electron chi connectivity index (χ0n) is 11.8. The normalized spacial score (nSPS) is 9.81. The van der Waals surface area contributed by atoms with Crippen LogP contribution in [-0.2, 0) is 25.5 Å². The second kappa shape index (κ2) is 8.70. The fourth-order valence-corrected chi connectivity index (χ4v) is 1.56. The maximum atomic E-state index is 11.5. The molecule has 0 heterocycles. The van der Waals surface area contributed by atoms with Crippen molar-refractivity contribution in [2.24, 2.45) is 5.73 Å². The number of amides is 2. The molecular formula is C14H19N3O4. The number of carbonyl (C=O) groups excluding carboxylic acids is 3. The molecular weight excluding hydrogens is 274 g/mol. The van der Waals surface area contributed by atoms with Gasteiger partial charge >= 0.3 is 5.97 Å². The van der Waals surface area contributed by atoms with Gasteiger partial charge in [-0.05, 0) is 24.1 Å². The van der Waals surface area contributed by atoms with Gasteiger partial charge in [-0.3, -0.25) is 14.4 Å². The lowest BCUT2D eigenvalue weighted by Crippen LogP contribution is -2.36. The van der Waals surface area contributed by atoms with Gasteiger partial charge in [0.25, 0.3) is 0 Å². The fourth-order valence-electron chi connectivity index (χ4n) is 1.56. The zero-order valence-corrected chi connectivity index (χ0v) is 11.8. The Kier molecular flexibility index (Phi) is 6.90. The van der Waals surface area contributed by atoms with Gasteiger partial charge < -0.3 is 21.1 Å². The monoisotopic (exact) mass is 293 g/mol. The topological polar surface area (TPSA) is 111 Å². The molecule has 0 saturated carbocycles. The molecule has 4 N–H and O–H groups in total. The average molecular weight is 293 g/mol. The van der Waals surface area contributed by atoms with Crippen LogP contribution in [-0.4, -0.2) is 38.0 Å². The number of carbonyl (C=O) groups is 3. The van der Waals surface area contributed by atoms with Crippen LogP contribution in [0.3, 0.4) is 0 Å². The third-order valence-corrected chi connectivity index (χ3v) is 2.71. The summed E-state index contributed by atoms with van der Waals surface area (Å²) in [6.45, 7) is -0.275. The van der Waals surface area contributed by atoms with Gasteiger partial charge in [0.1, 0.15) is 0 Å². The van der Waals surface area contributed by atoms with E-state index in [1.807, 2.05) is 12.1 Å². The van der Waals surface area contributed by atoms with Crippen LogP contribution >= 0.6 is 0 Å². The van der Waals surface area contributed by atoms with E-state index in [2.05, 4.69) is 15.4 Å². The maximum absolute atomic E-state index is 11.5. The Morgan fingerprint density at radius 3 is 2.38 bits per heavy atom. The van der Waals surface area contributed by atoms with Gasteiger partial charge in [-0.25, -0.2) is 0 Å². The highest BCUT2D eigenvalue weighted by Crippen LogP contribution is 2.11. The van der Waals surface area contributed by atoms with Crippen molar-refractivity contribution in [3.63, 3.8) is 0 Å². The Hall–Kier alpha value is -2.41. The molecule has 7 heteroatoms. The first kappa shape index (κ1) is 16.6. The van der Waals surface area contributed by atoms with Crippen LogP contribution in [0.2, 0.25) is 0 Å².